The van der Waals surface area contributed by atoms with Gasteiger partial charge in [0.15, 0.2) is 0 Å². The van der Waals surface area contributed by atoms with Gasteiger partial charge in [0.2, 0.25) is 0 Å². The molecule has 0 spiro atoms. The fraction of sp³-hybridized carbons (Fsp3) is 0.556. The SMILES string of the molecule is CC(C)(C)OC(=O)[C@H]1C[C@H](CNC(=O)c2c(F)cccc2Cl)[C@@H](O)C1. The van der Waals surface area contributed by atoms with Gasteiger partial charge in [-0.2, -0.15) is 0 Å². The molecule has 0 aromatic heterocycles. The van der Waals surface area contributed by atoms with Crippen LogP contribution < -0.4 is 5.32 Å². The van der Waals surface area contributed by atoms with E-state index in [1.54, 1.807) is 20.8 Å². The molecule has 2 rings (SSSR count). The minimum atomic E-state index is -0.728. The maximum Gasteiger partial charge on any atom is 0.309 e. The largest absolute Gasteiger partial charge is 0.460 e. The van der Waals surface area contributed by atoms with Gasteiger partial charge in [-0.3, -0.25) is 9.59 Å². The lowest BCUT2D eigenvalue weighted by Crippen LogP contribution is -2.33. The molecule has 1 aromatic rings. The smallest absolute Gasteiger partial charge is 0.309 e. The van der Waals surface area contributed by atoms with Crippen LogP contribution in [0.2, 0.25) is 5.02 Å². The first-order valence-corrected chi connectivity index (χ1v) is 8.59. The van der Waals surface area contributed by atoms with Crippen LogP contribution in [0.5, 0.6) is 0 Å². The predicted octanol–water partition coefficient (Wildman–Crippen LogP) is 2.94. The Morgan fingerprint density at radius 3 is 2.64 bits per heavy atom. The number of esters is 1. The minimum Gasteiger partial charge on any atom is -0.460 e. The Hall–Kier alpha value is -1.66. The maximum atomic E-state index is 13.7. The standard InChI is InChI=1S/C18H23ClFNO4/c1-18(2,3)25-17(24)10-7-11(14(22)8-10)9-21-16(23)15-12(19)5-4-6-13(15)20/h4-6,10-11,14,22H,7-9H2,1-3H3,(H,21,23)/t10-,11+,14-/m0/s1. The Bertz CT molecular complexity index is 639. The molecule has 0 bridgehead atoms. The molecule has 25 heavy (non-hydrogen) atoms. The summed E-state index contributed by atoms with van der Waals surface area (Å²) in [5.41, 5.74) is -0.809. The number of aliphatic hydroxyl groups is 1. The normalized spacial score (nSPS) is 23.4. The first kappa shape index (κ1) is 19.7. The molecule has 0 radical (unpaired) electrons. The van der Waals surface area contributed by atoms with Crippen LogP contribution in [0, 0.1) is 17.7 Å². The van der Waals surface area contributed by atoms with Crippen LogP contribution in [0.15, 0.2) is 18.2 Å². The highest BCUT2D eigenvalue weighted by Gasteiger charge is 2.39. The van der Waals surface area contributed by atoms with E-state index < -0.39 is 29.3 Å². The molecule has 0 aliphatic heterocycles. The number of nitrogens with one attached hydrogen (secondary N) is 1. The monoisotopic (exact) mass is 371 g/mol. The van der Waals surface area contributed by atoms with E-state index in [-0.39, 0.29) is 35.4 Å². The van der Waals surface area contributed by atoms with Gasteiger partial charge in [-0.15, -0.1) is 0 Å². The quantitative estimate of drug-likeness (QED) is 0.798. The van der Waals surface area contributed by atoms with Gasteiger partial charge in [0.25, 0.3) is 5.91 Å². The predicted molar refractivity (Wildman–Crippen MR) is 91.8 cm³/mol. The van der Waals surface area contributed by atoms with E-state index in [9.17, 15) is 19.1 Å². The van der Waals surface area contributed by atoms with Crippen molar-refractivity contribution in [3.63, 3.8) is 0 Å². The van der Waals surface area contributed by atoms with E-state index in [0.717, 1.165) is 6.07 Å². The minimum absolute atomic E-state index is 0.0242. The van der Waals surface area contributed by atoms with Crippen molar-refractivity contribution in [2.45, 2.75) is 45.3 Å². The van der Waals surface area contributed by atoms with E-state index in [1.165, 1.54) is 12.1 Å². The summed E-state index contributed by atoms with van der Waals surface area (Å²) in [4.78, 5) is 24.3. The average Bonchev–Trinajstić information content (AvgIpc) is 2.84. The van der Waals surface area contributed by atoms with Gasteiger partial charge < -0.3 is 15.2 Å². The first-order valence-electron chi connectivity index (χ1n) is 8.21. The summed E-state index contributed by atoms with van der Waals surface area (Å²) in [5, 5.41) is 12.7. The fourth-order valence-corrected chi connectivity index (χ4v) is 3.18. The molecular weight excluding hydrogens is 349 g/mol. The molecule has 1 amide bonds. The summed E-state index contributed by atoms with van der Waals surface area (Å²) in [6.07, 6.45) is -0.0361. The summed E-state index contributed by atoms with van der Waals surface area (Å²) >= 11 is 5.86. The fourth-order valence-electron chi connectivity index (χ4n) is 2.93. The third-order valence-electron chi connectivity index (χ3n) is 4.11. The lowest BCUT2D eigenvalue weighted by Gasteiger charge is -2.22. The number of hydrogen-bond acceptors (Lipinski definition) is 4. The van der Waals surface area contributed by atoms with Crippen molar-refractivity contribution in [1.82, 2.24) is 5.32 Å². The van der Waals surface area contributed by atoms with Gasteiger partial charge in [0, 0.05) is 12.5 Å². The number of benzene rings is 1. The van der Waals surface area contributed by atoms with E-state index >= 15 is 0 Å². The Morgan fingerprint density at radius 1 is 1.36 bits per heavy atom. The van der Waals surface area contributed by atoms with Crippen molar-refractivity contribution < 1.29 is 23.8 Å². The second-order valence-electron chi connectivity index (χ2n) is 7.34. The topological polar surface area (TPSA) is 75.6 Å². The van der Waals surface area contributed by atoms with Gasteiger partial charge in [-0.05, 0) is 45.7 Å². The Morgan fingerprint density at radius 2 is 2.04 bits per heavy atom. The van der Waals surface area contributed by atoms with Crippen molar-refractivity contribution in [2.75, 3.05) is 6.54 Å². The number of carbonyl (C=O) groups is 2. The molecule has 7 heteroatoms. The molecule has 2 N–H and O–H groups in total. The molecule has 1 aliphatic rings. The van der Waals surface area contributed by atoms with Crippen molar-refractivity contribution in [2.24, 2.45) is 11.8 Å². The van der Waals surface area contributed by atoms with Gasteiger partial charge in [-0.25, -0.2) is 4.39 Å². The first-order chi connectivity index (χ1) is 11.6. The van der Waals surface area contributed by atoms with Gasteiger partial charge >= 0.3 is 5.97 Å². The van der Waals surface area contributed by atoms with Gasteiger partial charge in [0.05, 0.1) is 22.6 Å². The number of rotatable bonds is 4. The van der Waals surface area contributed by atoms with Crippen LogP contribution in [0.3, 0.4) is 0 Å². The average molecular weight is 372 g/mol. The molecular formula is C18H23ClFNO4. The highest BCUT2D eigenvalue weighted by Crippen LogP contribution is 2.33. The van der Waals surface area contributed by atoms with Crippen LogP contribution in [-0.4, -0.2) is 35.2 Å². The zero-order valence-corrected chi connectivity index (χ0v) is 15.3. The van der Waals surface area contributed by atoms with E-state index in [2.05, 4.69) is 5.32 Å². The number of halogens is 2. The summed E-state index contributed by atoms with van der Waals surface area (Å²) < 4.78 is 19.1. The Balaban J connectivity index is 1.93. The second-order valence-corrected chi connectivity index (χ2v) is 7.74. The summed E-state index contributed by atoms with van der Waals surface area (Å²) in [5.74, 6) is -2.41. The molecule has 1 aliphatic carbocycles. The molecule has 1 aromatic carbocycles. The molecule has 0 saturated heterocycles. The third kappa shape index (κ3) is 5.16. The number of carbonyl (C=O) groups excluding carboxylic acids is 2. The van der Waals surface area contributed by atoms with Crippen LogP contribution in [0.4, 0.5) is 4.39 Å². The lowest BCUT2D eigenvalue weighted by atomic mass is 10.0. The number of hydrogen-bond donors (Lipinski definition) is 2. The van der Waals surface area contributed by atoms with Crippen LogP contribution in [0.25, 0.3) is 0 Å². The van der Waals surface area contributed by atoms with Crippen molar-refractivity contribution in [1.29, 1.82) is 0 Å². The van der Waals surface area contributed by atoms with Gasteiger partial charge in [-0.1, -0.05) is 17.7 Å². The zero-order chi connectivity index (χ0) is 18.8. The molecule has 0 unspecified atom stereocenters. The highest BCUT2D eigenvalue weighted by atomic mass is 35.5. The Kier molecular flexibility index (Phi) is 6.06. The molecule has 5 nitrogen and oxygen atoms in total. The van der Waals surface area contributed by atoms with Crippen molar-refractivity contribution in [3.8, 4) is 0 Å². The second kappa shape index (κ2) is 7.70. The van der Waals surface area contributed by atoms with E-state index in [0.29, 0.717) is 6.42 Å². The Labute approximate surface area is 151 Å². The molecule has 1 fully saturated rings. The van der Waals surface area contributed by atoms with E-state index in [4.69, 9.17) is 16.3 Å². The summed E-state index contributed by atoms with van der Waals surface area (Å²) in [6, 6.07) is 4.01. The van der Waals surface area contributed by atoms with E-state index in [1.807, 2.05) is 0 Å². The van der Waals surface area contributed by atoms with Crippen molar-refractivity contribution >= 4 is 23.5 Å². The van der Waals surface area contributed by atoms with Crippen molar-refractivity contribution in [3.05, 3.63) is 34.6 Å². The van der Waals surface area contributed by atoms with Crippen LogP contribution >= 0.6 is 11.6 Å². The van der Waals surface area contributed by atoms with Gasteiger partial charge in [0.1, 0.15) is 11.4 Å². The number of ether oxygens (including phenoxy) is 1. The number of aliphatic hydroxyl groups excluding tert-OH is 1. The van der Waals surface area contributed by atoms with Crippen LogP contribution in [-0.2, 0) is 9.53 Å². The summed E-state index contributed by atoms with van der Waals surface area (Å²) in [7, 11) is 0. The van der Waals surface area contributed by atoms with Crippen LogP contribution in [0.1, 0.15) is 44.0 Å². The summed E-state index contributed by atoms with van der Waals surface area (Å²) in [6.45, 7) is 5.48. The molecule has 138 valence electrons. The molecule has 3 atom stereocenters. The zero-order valence-electron chi connectivity index (χ0n) is 14.5. The highest BCUT2D eigenvalue weighted by molar-refractivity contribution is 6.33. The third-order valence-corrected chi connectivity index (χ3v) is 4.43. The lowest BCUT2D eigenvalue weighted by molar-refractivity contribution is -0.160. The maximum absolute atomic E-state index is 13.7. The molecule has 0 heterocycles. The molecule has 1 saturated carbocycles. The number of amides is 1.